The Kier molecular flexibility index (Phi) is 5.23. The fourth-order valence-corrected chi connectivity index (χ4v) is 2.69. The zero-order valence-corrected chi connectivity index (χ0v) is 14.1. The molecule has 2 atom stereocenters. The van der Waals surface area contributed by atoms with Gasteiger partial charge in [-0.3, -0.25) is 0 Å². The Morgan fingerprint density at radius 1 is 1.55 bits per heavy atom. The summed E-state index contributed by atoms with van der Waals surface area (Å²) in [5.74, 6) is -0.00523. The first-order valence-electron chi connectivity index (χ1n) is 5.61. The minimum atomic E-state index is -5.03. The van der Waals surface area contributed by atoms with Gasteiger partial charge in [0, 0.05) is 0 Å². The molecular weight excluding hydrogens is 297 g/mol. The van der Waals surface area contributed by atoms with Crippen molar-refractivity contribution in [1.29, 1.82) is 5.26 Å². The van der Waals surface area contributed by atoms with Crippen LogP contribution in [0.4, 0.5) is 4.79 Å². The summed E-state index contributed by atoms with van der Waals surface area (Å²) in [7, 11) is -5.03. The second kappa shape index (κ2) is 6.01. The smallest absolute Gasteiger partial charge is 0.724 e. The number of hydroxylamine groups is 2. The Morgan fingerprint density at radius 3 is 2.60 bits per heavy atom. The van der Waals surface area contributed by atoms with Gasteiger partial charge in [-0.25, -0.2) is 13.2 Å². The van der Waals surface area contributed by atoms with Gasteiger partial charge in [0.1, 0.15) is 12.1 Å². The monoisotopic (exact) mass is 309 g/mol. The molecule has 0 saturated carbocycles. The molecule has 0 N–H and O–H groups in total. The van der Waals surface area contributed by atoms with Gasteiger partial charge in [0.2, 0.25) is 10.4 Å². The largest absolute Gasteiger partial charge is 1.00 e. The number of urea groups is 1. The number of carbonyl (C=O) groups is 1. The molecule has 2 bridgehead atoms. The summed E-state index contributed by atoms with van der Waals surface area (Å²) in [6.45, 7) is 3.84. The standard InChI is InChI=1S/C10H13N3O5S.Na/c1-6(2)8-3-7(4-11)12-5-9(8)13(10(12)14)18-19(15,16)17;/h3,6-7,9H,5H2,1-2H3,(H,15,16,17);/q;+1/p-1/t7-,9-;/m0./s1. The number of rotatable bonds is 3. The number of fused-ring (bicyclic) bond motifs is 2. The summed E-state index contributed by atoms with van der Waals surface area (Å²) in [5.41, 5.74) is 0.706. The Balaban J connectivity index is 0.00000200. The Bertz CT molecular complexity index is 582. The molecule has 0 aromatic rings. The maximum absolute atomic E-state index is 11.9. The van der Waals surface area contributed by atoms with E-state index in [1.807, 2.05) is 19.9 Å². The van der Waals surface area contributed by atoms with Gasteiger partial charge in [-0.05, 0) is 17.6 Å². The molecule has 20 heavy (non-hydrogen) atoms. The van der Waals surface area contributed by atoms with Crippen molar-refractivity contribution in [2.45, 2.75) is 25.9 Å². The van der Waals surface area contributed by atoms with Crippen LogP contribution in [0.25, 0.3) is 0 Å². The van der Waals surface area contributed by atoms with Gasteiger partial charge in [0.15, 0.2) is 0 Å². The van der Waals surface area contributed by atoms with Crippen molar-refractivity contribution >= 4 is 16.4 Å². The normalized spacial score (nSPS) is 25.4. The summed E-state index contributed by atoms with van der Waals surface area (Å²) in [6.07, 6.45) is 1.61. The number of hydrogen-bond acceptors (Lipinski definition) is 6. The van der Waals surface area contributed by atoms with Crippen molar-refractivity contribution in [2.24, 2.45) is 5.92 Å². The van der Waals surface area contributed by atoms with Crippen molar-refractivity contribution in [3.8, 4) is 6.07 Å². The molecule has 0 unspecified atom stereocenters. The maximum Gasteiger partial charge on any atom is 1.00 e. The van der Waals surface area contributed by atoms with E-state index in [0.29, 0.717) is 10.6 Å². The zero-order chi connectivity index (χ0) is 14.4. The van der Waals surface area contributed by atoms with E-state index in [1.165, 1.54) is 4.90 Å². The fraction of sp³-hybridized carbons (Fsp3) is 0.600. The Labute approximate surface area is 139 Å². The van der Waals surface area contributed by atoms with Crippen LogP contribution >= 0.6 is 0 Å². The molecule has 10 heteroatoms. The van der Waals surface area contributed by atoms with Gasteiger partial charge in [-0.1, -0.05) is 13.8 Å². The van der Waals surface area contributed by atoms with Crippen molar-refractivity contribution in [2.75, 3.05) is 6.54 Å². The van der Waals surface area contributed by atoms with Gasteiger partial charge in [-0.15, -0.1) is 0 Å². The van der Waals surface area contributed by atoms with E-state index in [1.54, 1.807) is 6.08 Å². The summed E-state index contributed by atoms with van der Waals surface area (Å²) in [6, 6.07) is -0.266. The van der Waals surface area contributed by atoms with Crippen LogP contribution in [0.2, 0.25) is 0 Å². The van der Waals surface area contributed by atoms with Crippen LogP contribution in [0, 0.1) is 17.2 Å². The number of nitriles is 1. The number of amides is 2. The van der Waals surface area contributed by atoms with E-state index in [9.17, 15) is 17.8 Å². The average Bonchev–Trinajstić information content (AvgIpc) is 2.54. The van der Waals surface area contributed by atoms with Crippen molar-refractivity contribution in [1.82, 2.24) is 9.96 Å². The van der Waals surface area contributed by atoms with Gasteiger partial charge >= 0.3 is 35.6 Å². The molecule has 2 heterocycles. The molecule has 104 valence electrons. The molecule has 2 aliphatic rings. The van der Waals surface area contributed by atoms with Crippen LogP contribution in [-0.2, 0) is 14.7 Å². The first-order chi connectivity index (χ1) is 8.74. The van der Waals surface area contributed by atoms with Crippen LogP contribution in [-0.4, -0.2) is 47.6 Å². The van der Waals surface area contributed by atoms with Gasteiger partial charge < -0.3 is 9.45 Å². The van der Waals surface area contributed by atoms with E-state index in [4.69, 9.17) is 5.26 Å². The average molecular weight is 309 g/mol. The summed E-state index contributed by atoms with van der Waals surface area (Å²) >= 11 is 0. The van der Waals surface area contributed by atoms with Crippen molar-refractivity contribution in [3.05, 3.63) is 11.6 Å². The van der Waals surface area contributed by atoms with Gasteiger partial charge in [-0.2, -0.15) is 14.6 Å². The second-order valence-electron chi connectivity index (χ2n) is 4.65. The topological polar surface area (TPSA) is 114 Å². The van der Waals surface area contributed by atoms with Gasteiger partial charge in [0.05, 0.1) is 12.6 Å². The van der Waals surface area contributed by atoms with Crippen LogP contribution in [0.15, 0.2) is 11.6 Å². The molecule has 8 nitrogen and oxygen atoms in total. The summed E-state index contributed by atoms with van der Waals surface area (Å²) < 4.78 is 36.2. The molecule has 0 spiro atoms. The first-order valence-corrected chi connectivity index (χ1v) is 6.94. The predicted molar refractivity (Wildman–Crippen MR) is 60.8 cm³/mol. The van der Waals surface area contributed by atoms with Crippen LogP contribution in [0.3, 0.4) is 0 Å². The number of hydrogen-bond donors (Lipinski definition) is 0. The van der Waals surface area contributed by atoms with E-state index in [2.05, 4.69) is 4.28 Å². The minimum absolute atomic E-state index is 0. The third-order valence-electron chi connectivity index (χ3n) is 3.13. The third-order valence-corrected chi connectivity index (χ3v) is 3.47. The fourth-order valence-electron chi connectivity index (χ4n) is 2.32. The van der Waals surface area contributed by atoms with Crippen molar-refractivity contribution in [3.63, 3.8) is 0 Å². The van der Waals surface area contributed by atoms with Crippen molar-refractivity contribution < 1.29 is 51.6 Å². The molecule has 1 saturated heterocycles. The molecular formula is C10H12N3NaO5S. The first kappa shape index (κ1) is 17.4. The molecule has 1 fully saturated rings. The molecule has 0 aromatic carbocycles. The number of nitrogens with zero attached hydrogens (tertiary/aromatic N) is 3. The molecule has 2 rings (SSSR count). The summed E-state index contributed by atoms with van der Waals surface area (Å²) in [4.78, 5) is 13.1. The Morgan fingerprint density at radius 2 is 2.15 bits per heavy atom. The van der Waals surface area contributed by atoms with Crippen LogP contribution in [0.1, 0.15) is 13.8 Å². The summed E-state index contributed by atoms with van der Waals surface area (Å²) in [5, 5.41) is 9.57. The zero-order valence-electron chi connectivity index (χ0n) is 11.3. The predicted octanol–water partition coefficient (Wildman–Crippen LogP) is -3.02. The SMILES string of the molecule is CC(C)C1=C[C@@H](C#N)N2C[C@@H]1N(OS(=O)(=O)[O-])C2=O.[Na+]. The van der Waals surface area contributed by atoms with Crippen LogP contribution in [0.5, 0.6) is 0 Å². The quantitative estimate of drug-likeness (QED) is 0.237. The Hall–Kier alpha value is -0.630. The molecule has 2 amide bonds. The maximum atomic E-state index is 11.9. The second-order valence-corrected chi connectivity index (χ2v) is 5.62. The molecule has 0 aromatic heterocycles. The molecule has 0 aliphatic carbocycles. The molecule has 0 radical (unpaired) electrons. The minimum Gasteiger partial charge on any atom is -0.724 e. The number of carbonyl (C=O) groups excluding carboxylic acids is 1. The van der Waals surface area contributed by atoms with Crippen LogP contribution < -0.4 is 29.6 Å². The van der Waals surface area contributed by atoms with Gasteiger partial charge in [0.25, 0.3) is 0 Å². The molecule has 2 aliphatic heterocycles. The van der Waals surface area contributed by atoms with E-state index < -0.39 is 28.5 Å². The van der Waals surface area contributed by atoms with E-state index in [0.717, 1.165) is 0 Å². The van der Waals surface area contributed by atoms with E-state index >= 15 is 0 Å². The third kappa shape index (κ3) is 3.16. The van der Waals surface area contributed by atoms with E-state index in [-0.39, 0.29) is 42.0 Å².